The number of sulfonamides is 1. The summed E-state index contributed by atoms with van der Waals surface area (Å²) >= 11 is 0. The first-order valence-corrected chi connectivity index (χ1v) is 13.7. The van der Waals surface area contributed by atoms with Gasteiger partial charge in [-0.1, -0.05) is 30.3 Å². The topological polar surface area (TPSA) is 119 Å². The molecule has 1 aliphatic heterocycles. The minimum absolute atomic E-state index is 0.0323. The molecule has 0 radical (unpaired) electrons. The molecule has 0 saturated carbocycles. The van der Waals surface area contributed by atoms with Crippen LogP contribution in [0.4, 0.5) is 10.3 Å². The van der Waals surface area contributed by atoms with Gasteiger partial charge in [0.05, 0.1) is 23.6 Å². The van der Waals surface area contributed by atoms with Gasteiger partial charge >= 0.3 is 0 Å². The lowest BCUT2D eigenvalue weighted by Crippen LogP contribution is -2.40. The molecule has 5 aromatic rings. The monoisotopic (exact) mass is 546 g/mol. The van der Waals surface area contributed by atoms with E-state index in [1.165, 1.54) is 28.6 Å². The second-order valence-electron chi connectivity index (χ2n) is 9.04. The molecule has 1 amide bonds. The zero-order valence-electron chi connectivity index (χ0n) is 20.6. The van der Waals surface area contributed by atoms with Crippen LogP contribution in [0.5, 0.6) is 0 Å². The Bertz CT molecular complexity index is 1790. The van der Waals surface area contributed by atoms with Crippen LogP contribution < -0.4 is 5.32 Å². The molecule has 3 aromatic carbocycles. The number of rotatable bonds is 6. The molecule has 198 valence electrons. The number of halogens is 1. The number of carbonyl (C=O) groups excluding carboxylic acids is 1. The quantitative estimate of drug-likeness (QED) is 0.347. The molecule has 39 heavy (non-hydrogen) atoms. The van der Waals surface area contributed by atoms with Gasteiger partial charge in [-0.25, -0.2) is 12.8 Å². The van der Waals surface area contributed by atoms with Crippen LogP contribution >= 0.6 is 0 Å². The van der Waals surface area contributed by atoms with Crippen LogP contribution in [0.25, 0.3) is 22.1 Å². The van der Waals surface area contributed by atoms with Crippen molar-refractivity contribution in [2.45, 2.75) is 11.4 Å². The predicted octanol–water partition coefficient (Wildman–Crippen LogP) is 3.44. The number of morpholine rings is 1. The smallest absolute Gasteiger partial charge is 0.258 e. The number of aromatic nitrogens is 4. The Morgan fingerprint density at radius 1 is 0.974 bits per heavy atom. The van der Waals surface area contributed by atoms with E-state index in [0.29, 0.717) is 36.3 Å². The fourth-order valence-electron chi connectivity index (χ4n) is 4.58. The summed E-state index contributed by atoms with van der Waals surface area (Å²) in [7, 11) is -3.74. The van der Waals surface area contributed by atoms with Crippen LogP contribution in [0, 0.1) is 5.82 Å². The summed E-state index contributed by atoms with van der Waals surface area (Å²) in [5, 5.41) is 11.6. The maximum atomic E-state index is 13.3. The van der Waals surface area contributed by atoms with Gasteiger partial charge < -0.3 is 9.30 Å². The number of nitrogens with zero attached hydrogens (tertiary/aromatic N) is 5. The summed E-state index contributed by atoms with van der Waals surface area (Å²) in [4.78, 5) is 17.4. The van der Waals surface area contributed by atoms with Crippen molar-refractivity contribution >= 4 is 43.9 Å². The van der Waals surface area contributed by atoms with Crippen molar-refractivity contribution in [2.75, 3.05) is 31.6 Å². The Kier molecular flexibility index (Phi) is 6.51. The molecule has 3 heterocycles. The van der Waals surface area contributed by atoms with Gasteiger partial charge in [-0.2, -0.15) is 9.29 Å². The molecule has 1 saturated heterocycles. The van der Waals surface area contributed by atoms with E-state index in [4.69, 9.17) is 4.74 Å². The molecule has 10 nitrogen and oxygen atoms in total. The number of nitrogens with one attached hydrogen (secondary N) is 1. The van der Waals surface area contributed by atoms with Gasteiger partial charge in [0.2, 0.25) is 10.0 Å². The lowest BCUT2D eigenvalue weighted by Gasteiger charge is -2.26. The summed E-state index contributed by atoms with van der Waals surface area (Å²) in [5.41, 5.74) is 2.79. The van der Waals surface area contributed by atoms with E-state index < -0.39 is 21.7 Å². The molecule has 2 aromatic heterocycles. The van der Waals surface area contributed by atoms with Crippen LogP contribution in [0.1, 0.15) is 15.9 Å². The minimum atomic E-state index is -3.74. The van der Waals surface area contributed by atoms with E-state index in [1.807, 2.05) is 34.9 Å². The predicted molar refractivity (Wildman–Crippen MR) is 142 cm³/mol. The molecule has 12 heteroatoms. The zero-order chi connectivity index (χ0) is 27.0. The summed E-state index contributed by atoms with van der Waals surface area (Å²) in [6.07, 6.45) is 0. The summed E-state index contributed by atoms with van der Waals surface area (Å²) in [5.74, 6) is -0.998. The number of hydrogen-bond acceptors (Lipinski definition) is 7. The van der Waals surface area contributed by atoms with Crippen molar-refractivity contribution in [3.8, 4) is 0 Å². The lowest BCUT2D eigenvalue weighted by atomic mass is 10.2. The summed E-state index contributed by atoms with van der Waals surface area (Å²) in [6, 6.07) is 19.7. The van der Waals surface area contributed by atoms with Crippen molar-refractivity contribution in [3.05, 3.63) is 89.7 Å². The number of anilines is 1. The molecule has 1 aliphatic rings. The number of ether oxygens (including phenoxy) is 1. The highest BCUT2D eigenvalue weighted by atomic mass is 32.2. The highest BCUT2D eigenvalue weighted by Crippen LogP contribution is 2.31. The van der Waals surface area contributed by atoms with Gasteiger partial charge in [-0.05, 0) is 48.0 Å². The van der Waals surface area contributed by atoms with Gasteiger partial charge in [0.15, 0.2) is 5.65 Å². The Balaban J connectivity index is 1.44. The molecular weight excluding hydrogens is 523 g/mol. The van der Waals surface area contributed by atoms with E-state index in [2.05, 4.69) is 20.5 Å². The fourth-order valence-corrected chi connectivity index (χ4v) is 6.02. The van der Waals surface area contributed by atoms with Gasteiger partial charge in [-0.15, -0.1) is 10.2 Å². The molecule has 0 spiro atoms. The SMILES string of the molecule is O=C(Nc1nnc2c3cc(S(=O)(=O)N4CCOCC4)ccc3n(Cc3ccccc3)c2n1)c1ccc(F)cc1. The van der Waals surface area contributed by atoms with Crippen LogP contribution in [-0.2, 0) is 21.3 Å². The minimum Gasteiger partial charge on any atom is -0.379 e. The maximum Gasteiger partial charge on any atom is 0.258 e. The van der Waals surface area contributed by atoms with Crippen LogP contribution in [0.2, 0.25) is 0 Å². The first-order valence-electron chi connectivity index (χ1n) is 12.3. The van der Waals surface area contributed by atoms with E-state index in [-0.39, 0.29) is 29.5 Å². The fraction of sp³-hybridized carbons (Fsp3) is 0.185. The number of carbonyl (C=O) groups is 1. The Labute approximate surface area is 223 Å². The van der Waals surface area contributed by atoms with E-state index in [1.54, 1.807) is 18.2 Å². The van der Waals surface area contributed by atoms with Gasteiger partial charge in [-0.3, -0.25) is 10.1 Å². The summed E-state index contributed by atoms with van der Waals surface area (Å²) in [6.45, 7) is 1.70. The molecule has 1 fully saturated rings. The zero-order valence-corrected chi connectivity index (χ0v) is 21.4. The largest absolute Gasteiger partial charge is 0.379 e. The van der Waals surface area contributed by atoms with Crippen molar-refractivity contribution in [1.29, 1.82) is 0 Å². The second kappa shape index (κ2) is 10.1. The standard InChI is InChI=1S/C27H23FN6O4S/c28-20-8-6-19(7-9-20)26(35)30-27-29-25-24(31-32-27)22-16-21(39(36,37)33-12-14-38-15-13-33)10-11-23(22)34(25)17-18-4-2-1-3-5-18/h1-11,16H,12-15,17H2,(H,29,30,32,35). The third-order valence-corrected chi connectivity index (χ3v) is 8.46. The molecular formula is C27H23FN6O4S. The van der Waals surface area contributed by atoms with Gasteiger partial charge in [0, 0.05) is 30.6 Å². The van der Waals surface area contributed by atoms with Crippen molar-refractivity contribution in [3.63, 3.8) is 0 Å². The summed E-state index contributed by atoms with van der Waals surface area (Å²) < 4.78 is 48.6. The highest BCUT2D eigenvalue weighted by molar-refractivity contribution is 7.89. The van der Waals surface area contributed by atoms with Gasteiger partial charge in [0.1, 0.15) is 11.3 Å². The Hall–Kier alpha value is -4.26. The second-order valence-corrected chi connectivity index (χ2v) is 11.0. The third-order valence-electron chi connectivity index (χ3n) is 6.56. The third kappa shape index (κ3) is 4.85. The highest BCUT2D eigenvalue weighted by Gasteiger charge is 2.27. The van der Waals surface area contributed by atoms with E-state index in [0.717, 1.165) is 11.1 Å². The lowest BCUT2D eigenvalue weighted by molar-refractivity contribution is 0.0730. The number of hydrogen-bond donors (Lipinski definition) is 1. The number of amides is 1. The molecule has 0 bridgehead atoms. The van der Waals surface area contributed by atoms with E-state index >= 15 is 0 Å². The maximum absolute atomic E-state index is 13.3. The Morgan fingerprint density at radius 2 is 1.72 bits per heavy atom. The molecule has 1 N–H and O–H groups in total. The van der Waals surface area contributed by atoms with E-state index in [9.17, 15) is 17.6 Å². The van der Waals surface area contributed by atoms with Crippen LogP contribution in [0.15, 0.2) is 77.7 Å². The first kappa shape index (κ1) is 25.0. The first-order chi connectivity index (χ1) is 18.9. The van der Waals surface area contributed by atoms with Gasteiger partial charge in [0.25, 0.3) is 11.9 Å². The van der Waals surface area contributed by atoms with Crippen molar-refractivity contribution in [1.82, 2.24) is 24.1 Å². The number of fused-ring (bicyclic) bond motifs is 3. The average Bonchev–Trinajstić information content (AvgIpc) is 3.26. The van der Waals surface area contributed by atoms with Crippen LogP contribution in [-0.4, -0.2) is 64.7 Å². The normalized spacial score (nSPS) is 14.6. The average molecular weight is 547 g/mol. The molecule has 0 aliphatic carbocycles. The Morgan fingerprint density at radius 3 is 2.46 bits per heavy atom. The van der Waals surface area contributed by atoms with Crippen molar-refractivity contribution < 1.29 is 22.3 Å². The molecule has 6 rings (SSSR count). The molecule has 0 atom stereocenters. The number of benzene rings is 3. The van der Waals surface area contributed by atoms with Crippen molar-refractivity contribution in [2.24, 2.45) is 0 Å². The van der Waals surface area contributed by atoms with Crippen LogP contribution in [0.3, 0.4) is 0 Å². The molecule has 0 unspecified atom stereocenters.